The number of aromatic nitrogens is 4. The van der Waals surface area contributed by atoms with Crippen LogP contribution in [0.15, 0.2) is 35.4 Å². The smallest absolute Gasteiger partial charge is 0.274 e. The van der Waals surface area contributed by atoms with Crippen LogP contribution in [0.25, 0.3) is 5.65 Å². The molecule has 12 heteroatoms. The number of likely N-dealkylation sites (tertiary alicyclic amines) is 1. The molecule has 3 fully saturated rings. The Labute approximate surface area is 200 Å². The van der Waals surface area contributed by atoms with E-state index >= 15 is 0 Å². The van der Waals surface area contributed by atoms with Crippen LogP contribution in [0.3, 0.4) is 0 Å². The monoisotopic (exact) mass is 478 g/mol. The number of ether oxygens (including phenoxy) is 1. The van der Waals surface area contributed by atoms with Gasteiger partial charge in [-0.1, -0.05) is 0 Å². The second kappa shape index (κ2) is 8.08. The van der Waals surface area contributed by atoms with E-state index in [9.17, 15) is 14.4 Å². The summed E-state index contributed by atoms with van der Waals surface area (Å²) < 4.78 is 8.64. The zero-order valence-corrected chi connectivity index (χ0v) is 19.4. The van der Waals surface area contributed by atoms with Gasteiger partial charge in [0, 0.05) is 50.8 Å². The summed E-state index contributed by atoms with van der Waals surface area (Å²) in [5.41, 5.74) is 1.53. The highest BCUT2D eigenvalue weighted by Gasteiger charge is 2.55. The lowest BCUT2D eigenvalue weighted by atomic mass is 10.2. The molecule has 5 heterocycles. The summed E-state index contributed by atoms with van der Waals surface area (Å²) in [5.74, 6) is 0.603. The van der Waals surface area contributed by atoms with Crippen LogP contribution in [-0.4, -0.2) is 75.8 Å². The first-order chi connectivity index (χ1) is 17.0. The van der Waals surface area contributed by atoms with Gasteiger partial charge in [-0.15, -0.1) is 5.10 Å². The Bertz CT molecular complexity index is 1390. The van der Waals surface area contributed by atoms with Gasteiger partial charge in [-0.3, -0.25) is 14.4 Å². The van der Waals surface area contributed by atoms with Gasteiger partial charge in [-0.2, -0.15) is 0 Å². The molecule has 2 aliphatic heterocycles. The van der Waals surface area contributed by atoms with Gasteiger partial charge in [-0.25, -0.2) is 9.50 Å². The Morgan fingerprint density at radius 3 is 2.71 bits per heavy atom. The van der Waals surface area contributed by atoms with Crippen molar-refractivity contribution in [2.24, 2.45) is 11.8 Å². The topological polar surface area (TPSA) is 135 Å². The van der Waals surface area contributed by atoms with E-state index in [0.29, 0.717) is 60.9 Å². The number of imidazole rings is 1. The number of carbonyl (C=O) groups excluding carboxylic acids is 2. The summed E-state index contributed by atoms with van der Waals surface area (Å²) in [6, 6.07) is 4.88. The lowest BCUT2D eigenvalue weighted by Crippen LogP contribution is -2.41. The van der Waals surface area contributed by atoms with Crippen LogP contribution in [-0.2, 0) is 9.53 Å². The van der Waals surface area contributed by atoms with Crippen molar-refractivity contribution in [3.8, 4) is 0 Å². The van der Waals surface area contributed by atoms with E-state index < -0.39 is 11.9 Å². The number of pyridine rings is 1. The van der Waals surface area contributed by atoms with E-state index in [4.69, 9.17) is 4.74 Å². The average Bonchev–Trinajstić information content (AvgIpc) is 3.22. The number of anilines is 3. The molecule has 3 N–H and O–H groups in total. The lowest BCUT2D eigenvalue weighted by Gasteiger charge is -2.14. The highest BCUT2D eigenvalue weighted by molar-refractivity contribution is 5.97. The van der Waals surface area contributed by atoms with Crippen molar-refractivity contribution in [2.75, 3.05) is 44.5 Å². The third-order valence-corrected chi connectivity index (χ3v) is 7.17. The summed E-state index contributed by atoms with van der Waals surface area (Å²) in [6.45, 7) is 1.98. The minimum Gasteiger partial charge on any atom is -0.385 e. The molecule has 2 amide bonds. The van der Waals surface area contributed by atoms with Crippen molar-refractivity contribution in [3.63, 3.8) is 0 Å². The number of amides is 2. The van der Waals surface area contributed by atoms with Crippen LogP contribution < -0.4 is 21.5 Å². The second-order valence-electron chi connectivity index (χ2n) is 9.26. The molecule has 182 valence electrons. The Morgan fingerprint density at radius 1 is 1.20 bits per heavy atom. The first-order valence-electron chi connectivity index (χ1n) is 11.6. The molecule has 0 bridgehead atoms. The number of rotatable bonds is 6. The van der Waals surface area contributed by atoms with Gasteiger partial charge in [0.05, 0.1) is 25.1 Å². The van der Waals surface area contributed by atoms with Gasteiger partial charge in [0.2, 0.25) is 5.91 Å². The molecule has 3 aromatic heterocycles. The van der Waals surface area contributed by atoms with Crippen molar-refractivity contribution in [1.82, 2.24) is 29.4 Å². The van der Waals surface area contributed by atoms with Crippen molar-refractivity contribution in [2.45, 2.75) is 18.5 Å². The van der Waals surface area contributed by atoms with Gasteiger partial charge in [0.1, 0.15) is 11.7 Å². The Morgan fingerprint density at radius 2 is 2.00 bits per heavy atom. The maximum Gasteiger partial charge on any atom is 0.274 e. The first-order valence-corrected chi connectivity index (χ1v) is 11.6. The van der Waals surface area contributed by atoms with E-state index in [1.54, 1.807) is 35.7 Å². The number of hydrogen-bond donors (Lipinski definition) is 3. The number of nitrogens with one attached hydrogen (secondary N) is 3. The molecule has 1 aliphatic carbocycles. The fraction of sp³-hybridized carbons (Fsp3) is 0.435. The Hall–Kier alpha value is -3.93. The summed E-state index contributed by atoms with van der Waals surface area (Å²) in [4.78, 5) is 44.3. The second-order valence-corrected chi connectivity index (χ2v) is 9.26. The van der Waals surface area contributed by atoms with Gasteiger partial charge in [0.15, 0.2) is 17.2 Å². The molecular weight excluding hydrogens is 452 g/mol. The molecule has 35 heavy (non-hydrogen) atoms. The summed E-state index contributed by atoms with van der Waals surface area (Å²) in [7, 11) is 3.45. The predicted molar refractivity (Wildman–Crippen MR) is 127 cm³/mol. The molecule has 2 unspecified atom stereocenters. The number of carbonyl (C=O) groups is 2. The van der Waals surface area contributed by atoms with Gasteiger partial charge in [-0.05, 0) is 18.6 Å². The van der Waals surface area contributed by atoms with E-state index in [1.165, 1.54) is 10.7 Å². The summed E-state index contributed by atoms with van der Waals surface area (Å²) in [6.07, 6.45) is 3.79. The standard InChI is InChI=1S/C23H26N8O4/c1-24-16-8-18(26-14-4-3-6-30(23(14)34)19-12-10-35-11-13(12)19)28-31-17(9-25-20(16)31)21(32)27-15-5-7-29(2)22(15)33/h3-4,6,8-9,12-13,15,19,24H,5,7,10-11H2,1-2H3,(H,26,28)(H,27,32)/t12?,13?,15-,19?/m1/s1. The fourth-order valence-electron chi connectivity index (χ4n) is 5.16. The van der Waals surface area contributed by atoms with Crippen LogP contribution in [0, 0.1) is 11.8 Å². The SMILES string of the molecule is CNc1cc(Nc2cccn(C3C4COCC43)c2=O)nn2c(C(=O)N[C@@H]3CCN(C)C3=O)cnc12. The normalized spacial score (nSPS) is 25.1. The van der Waals surface area contributed by atoms with Gasteiger partial charge >= 0.3 is 0 Å². The number of nitrogens with zero attached hydrogens (tertiary/aromatic N) is 5. The van der Waals surface area contributed by atoms with E-state index in [2.05, 4.69) is 26.0 Å². The highest BCUT2D eigenvalue weighted by Crippen LogP contribution is 2.53. The van der Waals surface area contributed by atoms with Crippen molar-refractivity contribution >= 4 is 34.7 Å². The third kappa shape index (κ3) is 3.52. The van der Waals surface area contributed by atoms with Crippen molar-refractivity contribution < 1.29 is 14.3 Å². The molecule has 2 saturated heterocycles. The van der Waals surface area contributed by atoms with Gasteiger partial charge < -0.3 is 30.2 Å². The van der Waals surface area contributed by atoms with Crippen molar-refractivity contribution in [3.05, 3.63) is 46.6 Å². The largest absolute Gasteiger partial charge is 0.385 e. The van der Waals surface area contributed by atoms with E-state index in [0.717, 1.165) is 0 Å². The molecular formula is C23H26N8O4. The lowest BCUT2D eigenvalue weighted by molar-refractivity contribution is -0.128. The quantitative estimate of drug-likeness (QED) is 0.465. The minimum atomic E-state index is -0.571. The van der Waals surface area contributed by atoms with Gasteiger partial charge in [0.25, 0.3) is 11.5 Å². The van der Waals surface area contributed by atoms with Crippen LogP contribution in [0.1, 0.15) is 23.0 Å². The molecule has 0 spiro atoms. The average molecular weight is 479 g/mol. The maximum absolute atomic E-state index is 13.2. The number of hydrogen-bond acceptors (Lipinski definition) is 8. The Balaban J connectivity index is 1.30. The first kappa shape index (κ1) is 21.6. The Kier molecular flexibility index (Phi) is 4.99. The predicted octanol–water partition coefficient (Wildman–Crippen LogP) is 0.454. The number of fused-ring (bicyclic) bond motifs is 2. The maximum atomic E-state index is 13.2. The summed E-state index contributed by atoms with van der Waals surface area (Å²) >= 11 is 0. The van der Waals surface area contributed by atoms with Crippen LogP contribution >= 0.6 is 0 Å². The van der Waals surface area contributed by atoms with Crippen LogP contribution in [0.4, 0.5) is 17.2 Å². The number of likely N-dealkylation sites (N-methyl/N-ethyl adjacent to an activating group) is 1. The molecule has 0 radical (unpaired) electrons. The van der Waals surface area contributed by atoms with Crippen LogP contribution in [0.5, 0.6) is 0 Å². The minimum absolute atomic E-state index is 0.120. The molecule has 0 aromatic carbocycles. The molecule has 12 nitrogen and oxygen atoms in total. The van der Waals surface area contributed by atoms with Crippen molar-refractivity contribution in [1.29, 1.82) is 0 Å². The summed E-state index contributed by atoms with van der Waals surface area (Å²) in [5, 5.41) is 13.5. The molecule has 6 rings (SSSR count). The third-order valence-electron chi connectivity index (χ3n) is 7.17. The van der Waals surface area contributed by atoms with E-state index in [-0.39, 0.29) is 23.2 Å². The zero-order valence-electron chi connectivity index (χ0n) is 19.4. The molecule has 1 saturated carbocycles. The zero-order chi connectivity index (χ0) is 24.3. The molecule has 3 atom stereocenters. The fourth-order valence-corrected chi connectivity index (χ4v) is 5.16. The molecule has 3 aliphatic rings. The highest BCUT2D eigenvalue weighted by atomic mass is 16.5. The van der Waals surface area contributed by atoms with E-state index in [1.807, 2.05) is 12.3 Å². The van der Waals surface area contributed by atoms with Crippen LogP contribution in [0.2, 0.25) is 0 Å². The molecule has 3 aromatic rings.